The summed E-state index contributed by atoms with van der Waals surface area (Å²) < 4.78 is 0.720. The minimum atomic E-state index is -0.138. The van der Waals surface area contributed by atoms with Gasteiger partial charge in [0.2, 0.25) is 0 Å². The Morgan fingerprint density at radius 2 is 2.26 bits per heavy atom. The molecule has 0 spiro atoms. The number of aryl methyl sites for hydroxylation is 1. The van der Waals surface area contributed by atoms with Crippen molar-refractivity contribution in [1.29, 1.82) is 0 Å². The van der Waals surface area contributed by atoms with Crippen molar-refractivity contribution in [2.75, 3.05) is 5.73 Å². The molecular weight excluding hydrogens is 326 g/mol. The summed E-state index contributed by atoms with van der Waals surface area (Å²) in [4.78, 5) is 16.5. The molecule has 19 heavy (non-hydrogen) atoms. The topological polar surface area (TPSA) is 68.0 Å². The van der Waals surface area contributed by atoms with Gasteiger partial charge in [0.15, 0.2) is 0 Å². The zero-order valence-corrected chi connectivity index (χ0v) is 13.0. The van der Waals surface area contributed by atoms with E-state index in [0.717, 1.165) is 15.2 Å². The van der Waals surface area contributed by atoms with Gasteiger partial charge in [-0.1, -0.05) is 0 Å². The van der Waals surface area contributed by atoms with Crippen molar-refractivity contribution >= 4 is 38.9 Å². The predicted molar refractivity (Wildman–Crippen MR) is 81.3 cm³/mol. The fourth-order valence-electron chi connectivity index (χ4n) is 1.58. The molecule has 1 amide bonds. The number of benzene rings is 1. The van der Waals surface area contributed by atoms with Crippen molar-refractivity contribution in [3.63, 3.8) is 0 Å². The van der Waals surface area contributed by atoms with Gasteiger partial charge in [0.25, 0.3) is 5.91 Å². The number of aromatic nitrogens is 1. The van der Waals surface area contributed by atoms with Crippen molar-refractivity contribution < 1.29 is 4.79 Å². The second-order valence-electron chi connectivity index (χ2n) is 4.26. The zero-order valence-electron chi connectivity index (χ0n) is 10.6. The van der Waals surface area contributed by atoms with Gasteiger partial charge in [0.1, 0.15) is 5.01 Å². The van der Waals surface area contributed by atoms with Gasteiger partial charge < -0.3 is 11.1 Å². The van der Waals surface area contributed by atoms with Crippen LogP contribution in [-0.4, -0.2) is 10.9 Å². The molecule has 1 unspecified atom stereocenters. The SMILES string of the molecule is Cc1csc(C(C)NC(=O)c2ccc(N)c(Br)c2)n1. The first kappa shape index (κ1) is 14.0. The van der Waals surface area contributed by atoms with E-state index in [4.69, 9.17) is 5.73 Å². The lowest BCUT2D eigenvalue weighted by Crippen LogP contribution is -2.26. The molecule has 0 bridgehead atoms. The Bertz CT molecular complexity index is 612. The second-order valence-corrected chi connectivity index (χ2v) is 6.00. The number of carbonyl (C=O) groups excluding carboxylic acids is 1. The number of amides is 1. The van der Waals surface area contributed by atoms with Gasteiger partial charge in [-0.3, -0.25) is 4.79 Å². The monoisotopic (exact) mass is 339 g/mol. The predicted octanol–water partition coefficient (Wildman–Crippen LogP) is 3.29. The zero-order chi connectivity index (χ0) is 14.0. The van der Waals surface area contributed by atoms with E-state index >= 15 is 0 Å². The van der Waals surface area contributed by atoms with E-state index in [1.807, 2.05) is 19.2 Å². The molecule has 1 atom stereocenters. The van der Waals surface area contributed by atoms with Gasteiger partial charge in [-0.2, -0.15) is 0 Å². The summed E-state index contributed by atoms with van der Waals surface area (Å²) in [6.07, 6.45) is 0. The lowest BCUT2D eigenvalue weighted by atomic mass is 10.2. The smallest absolute Gasteiger partial charge is 0.251 e. The molecule has 3 N–H and O–H groups in total. The number of hydrogen-bond donors (Lipinski definition) is 2. The minimum Gasteiger partial charge on any atom is -0.398 e. The van der Waals surface area contributed by atoms with Gasteiger partial charge >= 0.3 is 0 Å². The Hall–Kier alpha value is -1.40. The van der Waals surface area contributed by atoms with E-state index in [1.54, 1.807) is 29.5 Å². The summed E-state index contributed by atoms with van der Waals surface area (Å²) in [6.45, 7) is 3.86. The van der Waals surface area contributed by atoms with Crippen LogP contribution in [0.5, 0.6) is 0 Å². The maximum atomic E-state index is 12.1. The Labute approximate surface area is 124 Å². The standard InChI is InChI=1S/C13H14BrN3OS/c1-7-6-19-13(16-7)8(2)17-12(18)9-3-4-11(15)10(14)5-9/h3-6,8H,15H2,1-2H3,(H,17,18). The summed E-state index contributed by atoms with van der Waals surface area (Å²) in [6, 6.07) is 5.01. The number of anilines is 1. The quantitative estimate of drug-likeness (QED) is 0.843. The lowest BCUT2D eigenvalue weighted by Gasteiger charge is -2.11. The highest BCUT2D eigenvalue weighted by Crippen LogP contribution is 2.22. The molecule has 4 nitrogen and oxygen atoms in total. The molecule has 2 rings (SSSR count). The molecule has 0 fully saturated rings. The van der Waals surface area contributed by atoms with Crippen LogP contribution in [-0.2, 0) is 0 Å². The molecule has 6 heteroatoms. The number of hydrogen-bond acceptors (Lipinski definition) is 4. The summed E-state index contributed by atoms with van der Waals surface area (Å²) in [5, 5.41) is 5.79. The highest BCUT2D eigenvalue weighted by atomic mass is 79.9. The molecular formula is C13H14BrN3OS. The van der Waals surface area contributed by atoms with Gasteiger partial charge in [-0.15, -0.1) is 11.3 Å². The first-order valence-corrected chi connectivity index (χ1v) is 7.42. The maximum absolute atomic E-state index is 12.1. The number of rotatable bonds is 3. The van der Waals surface area contributed by atoms with Crippen LogP contribution in [0.1, 0.15) is 34.0 Å². The average molecular weight is 340 g/mol. The van der Waals surface area contributed by atoms with E-state index < -0.39 is 0 Å². The third-order valence-corrected chi connectivity index (χ3v) is 4.45. The van der Waals surface area contributed by atoms with Crippen LogP contribution in [0, 0.1) is 6.92 Å². The fraction of sp³-hybridized carbons (Fsp3) is 0.231. The van der Waals surface area contributed by atoms with Gasteiger partial charge in [0.05, 0.1) is 6.04 Å². The van der Waals surface area contributed by atoms with Crippen LogP contribution in [0.15, 0.2) is 28.1 Å². The van der Waals surface area contributed by atoms with Gasteiger partial charge in [0, 0.05) is 26.8 Å². The molecule has 1 heterocycles. The van der Waals surface area contributed by atoms with E-state index in [1.165, 1.54) is 0 Å². The largest absolute Gasteiger partial charge is 0.398 e. The van der Waals surface area contributed by atoms with Gasteiger partial charge in [-0.05, 0) is 48.0 Å². The third-order valence-electron chi connectivity index (χ3n) is 2.62. The molecule has 1 aromatic carbocycles. The highest BCUT2D eigenvalue weighted by Gasteiger charge is 2.14. The van der Waals surface area contributed by atoms with Crippen LogP contribution in [0.3, 0.4) is 0 Å². The highest BCUT2D eigenvalue weighted by molar-refractivity contribution is 9.10. The summed E-state index contributed by atoms with van der Waals surface area (Å²) in [5.41, 5.74) is 7.85. The second kappa shape index (κ2) is 5.71. The number of thiazole rings is 1. The van der Waals surface area contributed by atoms with E-state index in [-0.39, 0.29) is 11.9 Å². The molecule has 0 aliphatic heterocycles. The molecule has 1 aromatic heterocycles. The molecule has 2 aromatic rings. The van der Waals surface area contributed by atoms with Crippen molar-refractivity contribution in [3.05, 3.63) is 44.3 Å². The van der Waals surface area contributed by atoms with Gasteiger partial charge in [-0.25, -0.2) is 4.98 Å². The number of nitrogen functional groups attached to an aromatic ring is 1. The molecule has 100 valence electrons. The number of nitrogens with one attached hydrogen (secondary N) is 1. The van der Waals surface area contributed by atoms with Crippen molar-refractivity contribution in [1.82, 2.24) is 10.3 Å². The molecule has 0 aliphatic rings. The van der Waals surface area contributed by atoms with E-state index in [0.29, 0.717) is 11.3 Å². The van der Waals surface area contributed by atoms with Crippen molar-refractivity contribution in [2.24, 2.45) is 0 Å². The van der Waals surface area contributed by atoms with E-state index in [2.05, 4.69) is 26.2 Å². The molecule has 0 radical (unpaired) electrons. The lowest BCUT2D eigenvalue weighted by molar-refractivity contribution is 0.0940. The van der Waals surface area contributed by atoms with Crippen LogP contribution in [0.4, 0.5) is 5.69 Å². The minimum absolute atomic E-state index is 0.109. The first-order valence-electron chi connectivity index (χ1n) is 5.75. The Balaban J connectivity index is 2.10. The van der Waals surface area contributed by atoms with Crippen LogP contribution < -0.4 is 11.1 Å². The van der Waals surface area contributed by atoms with Crippen molar-refractivity contribution in [3.8, 4) is 0 Å². The number of halogens is 1. The summed E-state index contributed by atoms with van der Waals surface area (Å²) in [7, 11) is 0. The third kappa shape index (κ3) is 3.33. The Morgan fingerprint density at radius 1 is 1.53 bits per heavy atom. The fourth-order valence-corrected chi connectivity index (χ4v) is 2.76. The number of nitrogens with two attached hydrogens (primary N) is 1. The van der Waals surface area contributed by atoms with Crippen molar-refractivity contribution in [2.45, 2.75) is 19.9 Å². The van der Waals surface area contributed by atoms with Crippen LogP contribution in [0.25, 0.3) is 0 Å². The Kier molecular flexibility index (Phi) is 4.21. The molecule has 0 saturated heterocycles. The summed E-state index contributed by atoms with van der Waals surface area (Å²) in [5.74, 6) is -0.138. The Morgan fingerprint density at radius 3 is 2.84 bits per heavy atom. The van der Waals surface area contributed by atoms with Crippen LogP contribution in [0.2, 0.25) is 0 Å². The molecule has 0 aliphatic carbocycles. The first-order chi connectivity index (χ1) is 8.97. The van der Waals surface area contributed by atoms with Crippen LogP contribution >= 0.6 is 27.3 Å². The number of nitrogens with zero attached hydrogens (tertiary/aromatic N) is 1. The normalized spacial score (nSPS) is 12.2. The summed E-state index contributed by atoms with van der Waals surface area (Å²) >= 11 is 4.86. The average Bonchev–Trinajstić information content (AvgIpc) is 2.79. The number of carbonyl (C=O) groups is 1. The maximum Gasteiger partial charge on any atom is 0.251 e. The van der Waals surface area contributed by atoms with E-state index in [9.17, 15) is 4.79 Å². The molecule has 0 saturated carbocycles.